The van der Waals surface area contributed by atoms with Gasteiger partial charge in [0.25, 0.3) is 0 Å². The van der Waals surface area contributed by atoms with E-state index in [2.05, 4.69) is 10.2 Å². The first-order chi connectivity index (χ1) is 3.43. The third-order valence-electron chi connectivity index (χ3n) is 0.708. The summed E-state index contributed by atoms with van der Waals surface area (Å²) < 4.78 is 2.97. The topological polar surface area (TPSA) is 20.2 Å². The van der Waals surface area contributed by atoms with E-state index in [9.17, 15) is 0 Å². The molecule has 0 saturated heterocycles. The van der Waals surface area contributed by atoms with Gasteiger partial charge in [-0.3, -0.25) is 0 Å². The predicted octanol–water partition coefficient (Wildman–Crippen LogP) is 1.20. The Morgan fingerprint density at radius 2 is 2.57 bits per heavy atom. The van der Waals surface area contributed by atoms with Crippen molar-refractivity contribution in [2.45, 2.75) is 3.92 Å². The van der Waals surface area contributed by atoms with Gasteiger partial charge in [-0.05, 0) is 0 Å². The van der Waals surface area contributed by atoms with E-state index < -0.39 is 0 Å². The quantitative estimate of drug-likeness (QED) is 0.567. The Balaban J connectivity index is 2.28. The van der Waals surface area contributed by atoms with Crippen molar-refractivity contribution in [2.75, 3.05) is 6.61 Å². The number of hydrogen-bond donors (Lipinski definition) is 1. The molecule has 44 valence electrons. The molecule has 7 heavy (non-hydrogen) atoms. The van der Waals surface area contributed by atoms with Crippen molar-refractivity contribution in [3.63, 3.8) is 0 Å². The molecule has 1 N–H and O–H groups in total. The number of alkyl halides is 1. The molecule has 1 rings (SSSR count). The van der Waals surface area contributed by atoms with Crippen molar-refractivity contribution in [1.82, 2.24) is 0 Å². The van der Waals surface area contributed by atoms with Crippen LogP contribution in [0.15, 0.2) is 10.2 Å². The summed E-state index contributed by atoms with van der Waals surface area (Å²) >= 11 is 0.633. The van der Waals surface area contributed by atoms with Gasteiger partial charge in [0, 0.05) is 0 Å². The summed E-state index contributed by atoms with van der Waals surface area (Å²) in [5.41, 5.74) is 0. The Hall–Kier alpha value is 1.16. The number of aliphatic hydroxyl groups is 1. The zero-order valence-electron chi connectivity index (χ0n) is 3.70. The van der Waals surface area contributed by atoms with Crippen LogP contribution in [-0.4, -0.2) is 15.6 Å². The van der Waals surface area contributed by atoms with Crippen LogP contribution in [0.5, 0.6) is 0 Å². The standard InChI is InChI=1S/C4H8I2O/c7-3-4-1-2-5-6-4/h1-2,4-7H,3H2. The molecule has 1 unspecified atom stereocenters. The maximum atomic E-state index is 8.57. The van der Waals surface area contributed by atoms with E-state index in [0.717, 1.165) is 0 Å². The van der Waals surface area contributed by atoms with Crippen LogP contribution in [0.4, 0.5) is 0 Å². The van der Waals surface area contributed by atoms with E-state index >= 15 is 0 Å². The van der Waals surface area contributed by atoms with Gasteiger partial charge in [0.1, 0.15) is 0 Å². The van der Waals surface area contributed by atoms with E-state index in [1.807, 2.05) is 0 Å². The first kappa shape index (κ1) is 6.28. The van der Waals surface area contributed by atoms with E-state index in [1.54, 1.807) is 0 Å². The maximum absolute atomic E-state index is 8.57. The molecule has 0 aromatic carbocycles. The fourth-order valence-corrected chi connectivity index (χ4v) is 10.8. The van der Waals surface area contributed by atoms with Gasteiger partial charge in [-0.1, -0.05) is 0 Å². The Labute approximate surface area is 59.7 Å². The van der Waals surface area contributed by atoms with E-state index in [0.29, 0.717) is 45.0 Å². The van der Waals surface area contributed by atoms with Crippen molar-refractivity contribution in [3.05, 3.63) is 10.2 Å². The Morgan fingerprint density at radius 3 is 2.86 bits per heavy atom. The SMILES string of the molecule is OCC1C=C[IH][IH]1. The molecule has 0 aromatic heterocycles. The molecule has 0 aromatic rings. The van der Waals surface area contributed by atoms with E-state index in [4.69, 9.17) is 5.11 Å². The summed E-state index contributed by atoms with van der Waals surface area (Å²) in [6.07, 6.45) is 2.20. The molecule has 0 radical (unpaired) electrons. The molecule has 1 aliphatic heterocycles. The van der Waals surface area contributed by atoms with E-state index in [-0.39, 0.29) is 0 Å². The molecule has 0 fully saturated rings. The average molecular weight is 326 g/mol. The van der Waals surface area contributed by atoms with Crippen LogP contribution in [0, 0.1) is 0 Å². The van der Waals surface area contributed by atoms with Crippen LogP contribution >= 0.6 is 34.5 Å². The minimum absolute atomic E-state index is 0.293. The minimum atomic E-state index is 0.293. The van der Waals surface area contributed by atoms with Gasteiger partial charge in [-0.25, -0.2) is 0 Å². The Morgan fingerprint density at radius 1 is 1.71 bits per heavy atom. The van der Waals surface area contributed by atoms with Crippen LogP contribution < -0.4 is 0 Å². The van der Waals surface area contributed by atoms with E-state index in [1.165, 1.54) is 0 Å². The zero-order chi connectivity index (χ0) is 5.11. The van der Waals surface area contributed by atoms with Crippen LogP contribution in [0.1, 0.15) is 0 Å². The third-order valence-corrected chi connectivity index (χ3v) is 12.4. The van der Waals surface area contributed by atoms with Crippen LogP contribution in [-0.2, 0) is 0 Å². The molecule has 0 spiro atoms. The van der Waals surface area contributed by atoms with Gasteiger partial charge in [0.2, 0.25) is 0 Å². The number of aliphatic hydroxyl groups excluding tert-OH is 1. The molecule has 1 aliphatic rings. The summed E-state index contributed by atoms with van der Waals surface area (Å²) in [7, 11) is 0. The van der Waals surface area contributed by atoms with Crippen LogP contribution in [0.2, 0.25) is 0 Å². The summed E-state index contributed by atoms with van der Waals surface area (Å²) in [5.74, 6) is 0. The van der Waals surface area contributed by atoms with Crippen molar-refractivity contribution >= 4 is 34.5 Å². The van der Waals surface area contributed by atoms with Crippen LogP contribution in [0.25, 0.3) is 0 Å². The molecular formula is C4H8I2O. The van der Waals surface area contributed by atoms with Crippen molar-refractivity contribution in [1.29, 1.82) is 0 Å². The zero-order valence-corrected chi connectivity index (χ0v) is 8.36. The average Bonchev–Trinajstić information content (AvgIpc) is 2.14. The summed E-state index contributed by atoms with van der Waals surface area (Å²) in [4.78, 5) is 0. The van der Waals surface area contributed by atoms with Gasteiger partial charge in [0.05, 0.1) is 0 Å². The second-order valence-electron chi connectivity index (χ2n) is 1.24. The molecule has 0 aliphatic carbocycles. The first-order valence-corrected chi connectivity index (χ1v) is 12.1. The van der Waals surface area contributed by atoms with Crippen molar-refractivity contribution < 1.29 is 5.11 Å². The van der Waals surface area contributed by atoms with Crippen LogP contribution in [0.3, 0.4) is 0 Å². The van der Waals surface area contributed by atoms with Gasteiger partial charge in [0.15, 0.2) is 0 Å². The van der Waals surface area contributed by atoms with Crippen molar-refractivity contribution in [2.24, 2.45) is 0 Å². The van der Waals surface area contributed by atoms with Gasteiger partial charge in [-0.2, -0.15) is 0 Å². The summed E-state index contributed by atoms with van der Waals surface area (Å²) in [6, 6.07) is 0. The summed E-state index contributed by atoms with van der Waals surface area (Å²) in [5, 5.41) is 8.57. The Kier molecular flexibility index (Phi) is 2.91. The fourth-order valence-electron chi connectivity index (χ4n) is 0.347. The number of hydrogen-bond acceptors (Lipinski definition) is 1. The number of rotatable bonds is 1. The molecule has 1 atom stereocenters. The second kappa shape index (κ2) is 3.24. The molecule has 1 heterocycles. The monoisotopic (exact) mass is 326 g/mol. The van der Waals surface area contributed by atoms with Gasteiger partial charge >= 0.3 is 60.3 Å². The predicted molar refractivity (Wildman–Crippen MR) is 50.8 cm³/mol. The van der Waals surface area contributed by atoms with Gasteiger partial charge < -0.3 is 0 Å². The molecule has 0 amide bonds. The number of halogens is 2. The summed E-state index contributed by atoms with van der Waals surface area (Å²) in [6.45, 7) is 0.420. The third kappa shape index (κ3) is 1.85. The first-order valence-electron chi connectivity index (χ1n) is 2.03. The molecule has 0 saturated carbocycles. The Bertz CT molecular complexity index is 81.8. The molecular weight excluding hydrogens is 318 g/mol. The molecule has 3 heteroatoms. The molecule has 0 bridgehead atoms. The fraction of sp³-hybridized carbons (Fsp3) is 0.500. The van der Waals surface area contributed by atoms with Crippen molar-refractivity contribution in [3.8, 4) is 0 Å². The van der Waals surface area contributed by atoms with Gasteiger partial charge in [-0.15, -0.1) is 0 Å². The molecule has 1 nitrogen and oxygen atoms in total. The second-order valence-corrected chi connectivity index (χ2v) is 12.2. The normalized spacial score (nSPS) is 31.3.